The van der Waals surface area contributed by atoms with Crippen molar-refractivity contribution in [1.82, 2.24) is 0 Å². The molecule has 1 saturated heterocycles. The molecule has 1 fully saturated rings. The van der Waals surface area contributed by atoms with Gasteiger partial charge in [-0.15, -0.1) is 0 Å². The number of aliphatic carboxylic acids is 1. The first-order chi connectivity index (χ1) is 17.0. The summed E-state index contributed by atoms with van der Waals surface area (Å²) in [5, 5.41) is 47.5. The maximum Gasteiger partial charge on any atom is 0.336 e. The highest BCUT2D eigenvalue weighted by Crippen LogP contribution is 2.22. The van der Waals surface area contributed by atoms with E-state index >= 15 is 0 Å². The highest BCUT2D eigenvalue weighted by Gasteiger charge is 2.45. The van der Waals surface area contributed by atoms with Gasteiger partial charge in [0.05, 0.1) is 6.61 Å². The van der Waals surface area contributed by atoms with E-state index in [0.717, 1.165) is 11.1 Å². The third-order valence-corrected chi connectivity index (χ3v) is 5.21. The fourth-order valence-electron chi connectivity index (χ4n) is 2.85. The average Bonchev–Trinajstić information content (AvgIpc) is 2.84. The molecule has 9 nitrogen and oxygen atoms in total. The SMILES string of the molecule is CC(=C/C/C=C/C=C/C(C)=C/C=C(\C)C(=O)O)/C=C/C=C(\C)C(=O)O[C@H]1O[C@@H](CO)[C@H](O)[C@@H](O)[C@@H]1O. The number of carboxylic acids is 1. The van der Waals surface area contributed by atoms with Gasteiger partial charge in [-0.1, -0.05) is 71.9 Å². The first-order valence-electron chi connectivity index (χ1n) is 11.4. The maximum absolute atomic E-state index is 12.3. The summed E-state index contributed by atoms with van der Waals surface area (Å²) in [6.07, 6.45) is 11.0. The predicted molar refractivity (Wildman–Crippen MR) is 135 cm³/mol. The van der Waals surface area contributed by atoms with E-state index in [1.54, 1.807) is 24.3 Å². The minimum atomic E-state index is -1.65. The van der Waals surface area contributed by atoms with Gasteiger partial charge in [-0.2, -0.15) is 0 Å². The minimum Gasteiger partial charge on any atom is -0.478 e. The minimum absolute atomic E-state index is 0.220. The van der Waals surface area contributed by atoms with E-state index < -0.39 is 49.3 Å². The molecule has 0 aromatic carbocycles. The van der Waals surface area contributed by atoms with Crippen molar-refractivity contribution in [3.63, 3.8) is 0 Å². The van der Waals surface area contributed by atoms with E-state index in [1.807, 2.05) is 44.2 Å². The molecular formula is C27H36O9. The Labute approximate surface area is 211 Å². The number of esters is 1. The Balaban J connectivity index is 2.56. The molecule has 0 spiro atoms. The number of carbonyl (C=O) groups is 2. The van der Waals surface area contributed by atoms with Crippen LogP contribution in [-0.2, 0) is 19.1 Å². The van der Waals surface area contributed by atoms with E-state index in [9.17, 15) is 30.0 Å². The van der Waals surface area contributed by atoms with Gasteiger partial charge in [0.15, 0.2) is 0 Å². The molecule has 0 aliphatic carbocycles. The zero-order chi connectivity index (χ0) is 27.3. The van der Waals surface area contributed by atoms with Gasteiger partial charge in [0.2, 0.25) is 6.29 Å². The van der Waals surface area contributed by atoms with Crippen LogP contribution >= 0.6 is 0 Å². The summed E-state index contributed by atoms with van der Waals surface area (Å²) >= 11 is 0. The lowest BCUT2D eigenvalue weighted by Gasteiger charge is -2.39. The van der Waals surface area contributed by atoms with E-state index in [4.69, 9.17) is 14.6 Å². The van der Waals surface area contributed by atoms with Crippen LogP contribution < -0.4 is 0 Å². The topological polar surface area (TPSA) is 154 Å². The molecule has 9 heteroatoms. The largest absolute Gasteiger partial charge is 0.478 e. The Kier molecular flexibility index (Phi) is 13.6. The van der Waals surface area contributed by atoms with Gasteiger partial charge >= 0.3 is 11.9 Å². The lowest BCUT2D eigenvalue weighted by molar-refractivity contribution is -0.291. The summed E-state index contributed by atoms with van der Waals surface area (Å²) in [5.41, 5.74) is 2.36. The Morgan fingerprint density at radius 1 is 0.833 bits per heavy atom. The van der Waals surface area contributed by atoms with Crippen LogP contribution in [0.3, 0.4) is 0 Å². The van der Waals surface area contributed by atoms with Crippen LogP contribution in [0.15, 0.2) is 83.1 Å². The van der Waals surface area contributed by atoms with Crippen LogP contribution in [-0.4, -0.2) is 74.8 Å². The molecule has 36 heavy (non-hydrogen) atoms. The zero-order valence-corrected chi connectivity index (χ0v) is 20.9. The third-order valence-electron chi connectivity index (χ3n) is 5.21. The molecule has 0 bridgehead atoms. The lowest BCUT2D eigenvalue weighted by Crippen LogP contribution is -2.59. The summed E-state index contributed by atoms with van der Waals surface area (Å²) in [6.45, 7) is 6.21. The molecule has 1 aliphatic rings. The second-order valence-corrected chi connectivity index (χ2v) is 8.35. The van der Waals surface area contributed by atoms with Crippen molar-refractivity contribution >= 4 is 11.9 Å². The van der Waals surface area contributed by atoms with Crippen LogP contribution in [0.4, 0.5) is 0 Å². The number of allylic oxidation sites excluding steroid dienone is 12. The molecule has 0 radical (unpaired) electrons. The van der Waals surface area contributed by atoms with Crippen molar-refractivity contribution in [3.05, 3.63) is 83.1 Å². The fourth-order valence-corrected chi connectivity index (χ4v) is 2.85. The number of hydrogen-bond acceptors (Lipinski definition) is 8. The number of ether oxygens (including phenoxy) is 2. The van der Waals surface area contributed by atoms with E-state index in [1.165, 1.54) is 19.9 Å². The maximum atomic E-state index is 12.3. The number of hydrogen-bond donors (Lipinski definition) is 5. The normalized spacial score (nSPS) is 26.8. The van der Waals surface area contributed by atoms with Crippen LogP contribution in [0, 0.1) is 0 Å². The quantitative estimate of drug-likeness (QED) is 0.162. The van der Waals surface area contributed by atoms with E-state index in [0.29, 0.717) is 6.42 Å². The van der Waals surface area contributed by atoms with Crippen LogP contribution in [0.2, 0.25) is 0 Å². The molecule has 0 aromatic rings. The molecule has 198 valence electrons. The Morgan fingerprint density at radius 2 is 1.50 bits per heavy atom. The van der Waals surface area contributed by atoms with Crippen molar-refractivity contribution in [2.75, 3.05) is 6.61 Å². The van der Waals surface area contributed by atoms with Gasteiger partial charge in [0, 0.05) is 11.1 Å². The molecule has 1 heterocycles. The molecule has 1 aliphatic heterocycles. The third kappa shape index (κ3) is 10.7. The van der Waals surface area contributed by atoms with Crippen LogP contribution in [0.5, 0.6) is 0 Å². The summed E-state index contributed by atoms with van der Waals surface area (Å²) in [5.74, 6) is -1.73. The molecule has 5 atom stereocenters. The zero-order valence-electron chi connectivity index (χ0n) is 20.9. The number of aliphatic hydroxyl groups excluding tert-OH is 4. The monoisotopic (exact) mass is 504 g/mol. The Bertz CT molecular complexity index is 964. The molecule has 1 rings (SSSR count). The smallest absolute Gasteiger partial charge is 0.336 e. The van der Waals surface area contributed by atoms with Crippen LogP contribution in [0.1, 0.15) is 34.1 Å². The first kappa shape index (κ1) is 31.0. The molecule has 0 saturated carbocycles. The number of carboxylic acid groups (broad SMARTS) is 1. The first-order valence-corrected chi connectivity index (χ1v) is 11.4. The van der Waals surface area contributed by atoms with Gasteiger partial charge in [0.1, 0.15) is 24.4 Å². The number of rotatable bonds is 11. The van der Waals surface area contributed by atoms with Crippen molar-refractivity contribution < 1.29 is 44.6 Å². The molecule has 0 aromatic heterocycles. The van der Waals surface area contributed by atoms with Gasteiger partial charge in [-0.3, -0.25) is 0 Å². The second kappa shape index (κ2) is 15.8. The molecule has 0 unspecified atom stereocenters. The number of carbonyl (C=O) groups excluding carboxylic acids is 1. The summed E-state index contributed by atoms with van der Waals surface area (Å²) < 4.78 is 10.2. The van der Waals surface area contributed by atoms with E-state index in [2.05, 4.69) is 0 Å². The summed E-state index contributed by atoms with van der Waals surface area (Å²) in [6, 6.07) is 0. The molecular weight excluding hydrogens is 468 g/mol. The highest BCUT2D eigenvalue weighted by molar-refractivity contribution is 5.88. The second-order valence-electron chi connectivity index (χ2n) is 8.35. The standard InChI is InChI=1S/C27H36O9/c1-17(10-7-5-6-8-11-18(2)14-15-19(3)25(32)33)12-9-13-20(4)26(34)36-27-24(31)23(30)22(29)21(16-28)35-27/h5-6,8-15,21-24,27-31H,7,16H2,1-4H3,(H,32,33)/b6-5+,11-8+,12-9+,17-10-,18-14+,19-15+,20-13+/t21-,22-,23+,24-,27+/m0/s1. The Morgan fingerprint density at radius 3 is 2.14 bits per heavy atom. The average molecular weight is 505 g/mol. The van der Waals surface area contributed by atoms with Crippen molar-refractivity contribution in [2.45, 2.75) is 64.8 Å². The van der Waals surface area contributed by atoms with Crippen molar-refractivity contribution in [2.24, 2.45) is 0 Å². The van der Waals surface area contributed by atoms with Crippen LogP contribution in [0.25, 0.3) is 0 Å². The fraction of sp³-hybridized carbons (Fsp3) is 0.407. The lowest BCUT2D eigenvalue weighted by atomic mass is 9.99. The van der Waals surface area contributed by atoms with Gasteiger partial charge < -0.3 is 35.0 Å². The van der Waals surface area contributed by atoms with E-state index in [-0.39, 0.29) is 11.1 Å². The predicted octanol–water partition coefficient (Wildman–Crippen LogP) is 2.26. The van der Waals surface area contributed by atoms with Gasteiger partial charge in [0.25, 0.3) is 0 Å². The van der Waals surface area contributed by atoms with Crippen molar-refractivity contribution in [3.8, 4) is 0 Å². The molecule has 0 amide bonds. The molecule has 5 N–H and O–H groups in total. The van der Waals surface area contributed by atoms with Gasteiger partial charge in [-0.05, 0) is 34.1 Å². The Hall–Kier alpha value is -3.08. The summed E-state index contributed by atoms with van der Waals surface area (Å²) in [4.78, 5) is 23.0. The van der Waals surface area contributed by atoms with Crippen molar-refractivity contribution in [1.29, 1.82) is 0 Å². The number of aliphatic hydroxyl groups is 4. The highest BCUT2D eigenvalue weighted by atomic mass is 16.7. The van der Waals surface area contributed by atoms with Gasteiger partial charge in [-0.25, -0.2) is 9.59 Å². The summed E-state index contributed by atoms with van der Waals surface area (Å²) in [7, 11) is 0.